The van der Waals surface area contributed by atoms with E-state index in [0.29, 0.717) is 12.5 Å². The molecule has 1 aromatic carbocycles. The smallest absolute Gasteiger partial charge is 0.323 e. The number of esters is 1. The molecule has 0 saturated carbocycles. The van der Waals surface area contributed by atoms with Crippen molar-refractivity contribution in [3.63, 3.8) is 0 Å². The van der Waals surface area contributed by atoms with E-state index in [1.807, 2.05) is 39.0 Å². The van der Waals surface area contributed by atoms with Crippen molar-refractivity contribution < 1.29 is 9.53 Å². The van der Waals surface area contributed by atoms with Gasteiger partial charge in [0.05, 0.1) is 0 Å². The topological polar surface area (TPSA) is 38.3 Å². The molecule has 0 heterocycles. The number of carbonyl (C=O) groups excluding carboxylic acids is 1. The fraction of sp³-hybridized carbons (Fsp3) is 0.588. The summed E-state index contributed by atoms with van der Waals surface area (Å²) in [4.78, 5) is 12.2. The van der Waals surface area contributed by atoms with Gasteiger partial charge in [-0.3, -0.25) is 4.79 Å². The number of hydrogen-bond acceptors (Lipinski definition) is 3. The summed E-state index contributed by atoms with van der Waals surface area (Å²) in [5.41, 5.74) is 0.727. The summed E-state index contributed by atoms with van der Waals surface area (Å²) < 4.78 is 5.49. The van der Waals surface area contributed by atoms with Crippen LogP contribution in [0.3, 0.4) is 0 Å². The highest BCUT2D eigenvalue weighted by molar-refractivity contribution is 5.76. The molecule has 0 saturated heterocycles. The molecule has 1 N–H and O–H groups in total. The van der Waals surface area contributed by atoms with Crippen molar-refractivity contribution in [3.05, 3.63) is 35.9 Å². The lowest BCUT2D eigenvalue weighted by Crippen LogP contribution is -2.41. The van der Waals surface area contributed by atoms with Gasteiger partial charge in [-0.2, -0.15) is 0 Å². The van der Waals surface area contributed by atoms with Gasteiger partial charge in [0.1, 0.15) is 11.6 Å². The zero-order chi connectivity index (χ0) is 15.2. The van der Waals surface area contributed by atoms with E-state index < -0.39 is 5.60 Å². The van der Waals surface area contributed by atoms with Gasteiger partial charge >= 0.3 is 5.97 Å². The van der Waals surface area contributed by atoms with E-state index in [1.165, 1.54) is 5.56 Å². The van der Waals surface area contributed by atoms with Crippen LogP contribution in [0.25, 0.3) is 0 Å². The van der Waals surface area contributed by atoms with Gasteiger partial charge in [0.15, 0.2) is 0 Å². The lowest BCUT2D eigenvalue weighted by molar-refractivity contribution is -0.158. The predicted octanol–water partition coefficient (Wildman–Crippen LogP) is 3.53. The van der Waals surface area contributed by atoms with E-state index in [-0.39, 0.29) is 12.0 Å². The van der Waals surface area contributed by atoms with E-state index in [2.05, 4.69) is 31.3 Å². The molecule has 0 amide bonds. The van der Waals surface area contributed by atoms with Crippen molar-refractivity contribution in [1.82, 2.24) is 5.32 Å². The van der Waals surface area contributed by atoms with Gasteiger partial charge < -0.3 is 10.1 Å². The van der Waals surface area contributed by atoms with Gasteiger partial charge in [-0.1, -0.05) is 44.2 Å². The second kappa shape index (κ2) is 7.44. The number of benzene rings is 1. The van der Waals surface area contributed by atoms with Crippen LogP contribution in [0.1, 0.15) is 46.6 Å². The van der Waals surface area contributed by atoms with E-state index in [1.54, 1.807) is 0 Å². The Morgan fingerprint density at radius 1 is 1.20 bits per heavy atom. The first-order valence-corrected chi connectivity index (χ1v) is 7.28. The van der Waals surface area contributed by atoms with Crippen LogP contribution in [0.5, 0.6) is 0 Å². The van der Waals surface area contributed by atoms with Gasteiger partial charge in [-0.25, -0.2) is 0 Å². The number of rotatable bonds is 6. The summed E-state index contributed by atoms with van der Waals surface area (Å²) in [5.74, 6) is 0.276. The molecule has 0 spiro atoms. The molecule has 1 atom stereocenters. The maximum Gasteiger partial charge on any atom is 0.323 e. The maximum absolute atomic E-state index is 12.2. The minimum absolute atomic E-state index is 0.165. The van der Waals surface area contributed by atoms with Crippen LogP contribution in [-0.4, -0.2) is 17.6 Å². The Balaban J connectivity index is 2.62. The Bertz CT molecular complexity index is 407. The normalized spacial score (nSPS) is 13.3. The molecule has 1 rings (SSSR count). The summed E-state index contributed by atoms with van der Waals surface area (Å²) in [6, 6.07) is 9.84. The lowest BCUT2D eigenvalue weighted by Gasteiger charge is -2.25. The summed E-state index contributed by atoms with van der Waals surface area (Å²) in [6.07, 6.45) is 0.780. The van der Waals surface area contributed by atoms with Crippen LogP contribution in [0, 0.1) is 5.92 Å². The molecule has 0 aliphatic rings. The molecule has 0 aliphatic carbocycles. The Morgan fingerprint density at radius 2 is 1.80 bits per heavy atom. The highest BCUT2D eigenvalue weighted by atomic mass is 16.6. The third-order valence-corrected chi connectivity index (χ3v) is 2.79. The fourth-order valence-corrected chi connectivity index (χ4v) is 1.94. The van der Waals surface area contributed by atoms with Gasteiger partial charge in [-0.05, 0) is 38.7 Å². The predicted molar refractivity (Wildman–Crippen MR) is 82.4 cm³/mol. The van der Waals surface area contributed by atoms with Crippen LogP contribution in [0.15, 0.2) is 30.3 Å². The van der Waals surface area contributed by atoms with Gasteiger partial charge in [0, 0.05) is 6.54 Å². The van der Waals surface area contributed by atoms with Crippen molar-refractivity contribution in [2.75, 3.05) is 0 Å². The zero-order valence-electron chi connectivity index (χ0n) is 13.3. The van der Waals surface area contributed by atoms with E-state index in [0.717, 1.165) is 6.42 Å². The highest BCUT2D eigenvalue weighted by Gasteiger charge is 2.25. The van der Waals surface area contributed by atoms with Gasteiger partial charge in [-0.15, -0.1) is 0 Å². The van der Waals surface area contributed by atoms with Crippen molar-refractivity contribution in [3.8, 4) is 0 Å². The highest BCUT2D eigenvalue weighted by Crippen LogP contribution is 2.13. The lowest BCUT2D eigenvalue weighted by atomic mass is 10.0. The number of ether oxygens (including phenoxy) is 1. The molecule has 0 aliphatic heterocycles. The van der Waals surface area contributed by atoms with Crippen molar-refractivity contribution >= 4 is 5.97 Å². The Morgan fingerprint density at radius 3 is 2.30 bits per heavy atom. The zero-order valence-corrected chi connectivity index (χ0v) is 13.3. The number of hydrogen-bond donors (Lipinski definition) is 1. The monoisotopic (exact) mass is 277 g/mol. The summed E-state index contributed by atoms with van der Waals surface area (Å²) in [7, 11) is 0. The molecule has 0 aromatic heterocycles. The maximum atomic E-state index is 12.2. The quantitative estimate of drug-likeness (QED) is 0.808. The van der Waals surface area contributed by atoms with Crippen LogP contribution in [-0.2, 0) is 16.1 Å². The first kappa shape index (κ1) is 16.7. The largest absolute Gasteiger partial charge is 0.459 e. The first-order valence-electron chi connectivity index (χ1n) is 7.28. The molecule has 20 heavy (non-hydrogen) atoms. The first-order chi connectivity index (χ1) is 9.28. The molecular weight excluding hydrogens is 250 g/mol. The molecule has 112 valence electrons. The SMILES string of the molecule is CC(C)C[C@H](NCc1ccccc1)C(=O)OC(C)(C)C. The van der Waals surface area contributed by atoms with Crippen LogP contribution in [0.2, 0.25) is 0 Å². The fourth-order valence-electron chi connectivity index (χ4n) is 1.94. The minimum atomic E-state index is -0.444. The van der Waals surface area contributed by atoms with Crippen LogP contribution in [0.4, 0.5) is 0 Å². The molecule has 0 radical (unpaired) electrons. The summed E-state index contributed by atoms with van der Waals surface area (Å²) in [6.45, 7) is 10.6. The molecule has 0 unspecified atom stereocenters. The van der Waals surface area contributed by atoms with E-state index in [9.17, 15) is 4.79 Å². The van der Waals surface area contributed by atoms with Crippen LogP contribution >= 0.6 is 0 Å². The average molecular weight is 277 g/mol. The molecule has 0 bridgehead atoms. The molecule has 3 heteroatoms. The van der Waals surface area contributed by atoms with Crippen molar-refractivity contribution in [2.24, 2.45) is 5.92 Å². The number of nitrogens with one attached hydrogen (secondary N) is 1. The Kier molecular flexibility index (Phi) is 6.21. The Labute approximate surface area is 122 Å². The average Bonchev–Trinajstić information content (AvgIpc) is 2.33. The second-order valence-electron chi connectivity index (χ2n) is 6.58. The van der Waals surface area contributed by atoms with Crippen LogP contribution < -0.4 is 5.32 Å². The van der Waals surface area contributed by atoms with Crippen molar-refractivity contribution in [1.29, 1.82) is 0 Å². The molecular formula is C17H27NO2. The third-order valence-electron chi connectivity index (χ3n) is 2.79. The molecule has 0 fully saturated rings. The number of carbonyl (C=O) groups is 1. The molecule has 3 nitrogen and oxygen atoms in total. The molecule has 1 aromatic rings. The Hall–Kier alpha value is -1.35. The standard InChI is InChI=1S/C17H27NO2/c1-13(2)11-15(16(19)20-17(3,4)5)18-12-14-9-7-6-8-10-14/h6-10,13,15,18H,11-12H2,1-5H3/t15-/m0/s1. The summed E-state index contributed by atoms with van der Waals surface area (Å²) >= 11 is 0. The van der Waals surface area contributed by atoms with E-state index in [4.69, 9.17) is 4.74 Å². The second-order valence-corrected chi connectivity index (χ2v) is 6.58. The summed E-state index contributed by atoms with van der Waals surface area (Å²) in [5, 5.41) is 3.32. The third kappa shape index (κ3) is 6.71. The van der Waals surface area contributed by atoms with Crippen molar-refractivity contribution in [2.45, 2.75) is 59.2 Å². The van der Waals surface area contributed by atoms with E-state index >= 15 is 0 Å². The van der Waals surface area contributed by atoms with Gasteiger partial charge in [0.2, 0.25) is 0 Å². The minimum Gasteiger partial charge on any atom is -0.459 e. The van der Waals surface area contributed by atoms with Gasteiger partial charge in [0.25, 0.3) is 0 Å².